The molecule has 0 fully saturated rings. The highest BCUT2D eigenvalue weighted by molar-refractivity contribution is 5.86. The number of nitrogens with zero attached hydrogens (tertiary/aromatic N) is 1. The molecule has 0 aliphatic carbocycles. The van der Waals surface area contributed by atoms with E-state index in [4.69, 9.17) is 5.73 Å². The van der Waals surface area contributed by atoms with Gasteiger partial charge in [0.05, 0.1) is 0 Å². The summed E-state index contributed by atoms with van der Waals surface area (Å²) in [6.07, 6.45) is 2.87. The second-order valence-electron chi connectivity index (χ2n) is 6.34. The number of rotatable bonds is 5. The molecule has 4 nitrogen and oxygen atoms in total. The van der Waals surface area contributed by atoms with Gasteiger partial charge in [-0.3, -0.25) is 4.79 Å². The van der Waals surface area contributed by atoms with Crippen LogP contribution in [0.2, 0.25) is 0 Å². The van der Waals surface area contributed by atoms with Gasteiger partial charge in [-0.15, -0.1) is 0 Å². The maximum atomic E-state index is 12.5. The number of carbonyl (C=O) groups is 1. The molecule has 126 valence electrons. The minimum atomic E-state index is -0.193. The Morgan fingerprint density at radius 2 is 2.00 bits per heavy atom. The average molecular weight is 323 g/mol. The first-order chi connectivity index (χ1) is 11.7. The first-order valence-electron chi connectivity index (χ1n) is 8.62. The lowest BCUT2D eigenvalue weighted by Crippen LogP contribution is -2.47. The van der Waals surface area contributed by atoms with Gasteiger partial charge < -0.3 is 16.0 Å². The molecule has 3 rings (SSSR count). The van der Waals surface area contributed by atoms with Crippen molar-refractivity contribution < 1.29 is 4.79 Å². The lowest BCUT2D eigenvalue weighted by Gasteiger charge is -2.36. The summed E-state index contributed by atoms with van der Waals surface area (Å²) in [4.78, 5) is 14.7. The largest absolute Gasteiger partial charge is 0.398 e. The van der Waals surface area contributed by atoms with E-state index >= 15 is 0 Å². The molecule has 0 aromatic heterocycles. The van der Waals surface area contributed by atoms with Gasteiger partial charge in [0, 0.05) is 24.5 Å². The van der Waals surface area contributed by atoms with Crippen molar-refractivity contribution in [3.05, 3.63) is 59.7 Å². The first kappa shape index (κ1) is 16.4. The molecular formula is C20H25N3O. The zero-order valence-electron chi connectivity index (χ0n) is 14.2. The Morgan fingerprint density at radius 1 is 1.21 bits per heavy atom. The Labute approximate surface area is 143 Å². The lowest BCUT2D eigenvalue weighted by molar-refractivity contribution is -0.122. The summed E-state index contributed by atoms with van der Waals surface area (Å²) in [5, 5.41) is 3.06. The molecule has 1 atom stereocenters. The number of hydrogen-bond acceptors (Lipinski definition) is 3. The van der Waals surface area contributed by atoms with Gasteiger partial charge in [-0.25, -0.2) is 0 Å². The first-order valence-corrected chi connectivity index (χ1v) is 8.62. The number of nitrogen functional groups attached to an aromatic ring is 1. The molecule has 1 aliphatic heterocycles. The molecule has 0 saturated carbocycles. The van der Waals surface area contributed by atoms with Crippen LogP contribution in [0, 0.1) is 0 Å². The SMILES string of the molecule is CC(C(=O)NCCc1ccccc1)N1CCCc2c(N)cccc21. The van der Waals surface area contributed by atoms with Crippen LogP contribution in [0.4, 0.5) is 11.4 Å². The number of amides is 1. The van der Waals surface area contributed by atoms with Crippen LogP contribution in [0.5, 0.6) is 0 Å². The van der Waals surface area contributed by atoms with E-state index in [9.17, 15) is 4.79 Å². The van der Waals surface area contributed by atoms with Crippen molar-refractivity contribution in [3.63, 3.8) is 0 Å². The fraction of sp³-hybridized carbons (Fsp3) is 0.350. The van der Waals surface area contributed by atoms with E-state index in [1.54, 1.807) is 0 Å². The van der Waals surface area contributed by atoms with E-state index in [1.807, 2.05) is 37.3 Å². The van der Waals surface area contributed by atoms with Crippen LogP contribution in [-0.4, -0.2) is 25.0 Å². The number of nitrogens with two attached hydrogens (primary N) is 1. The molecule has 0 spiro atoms. The van der Waals surface area contributed by atoms with Crippen molar-refractivity contribution in [2.24, 2.45) is 0 Å². The van der Waals surface area contributed by atoms with Crippen LogP contribution in [0.3, 0.4) is 0 Å². The third-order valence-corrected chi connectivity index (χ3v) is 4.73. The summed E-state index contributed by atoms with van der Waals surface area (Å²) in [6, 6.07) is 16.0. The van der Waals surface area contributed by atoms with E-state index in [2.05, 4.69) is 28.4 Å². The average Bonchev–Trinajstić information content (AvgIpc) is 2.62. The van der Waals surface area contributed by atoms with Crippen molar-refractivity contribution >= 4 is 17.3 Å². The normalized spacial score (nSPS) is 14.8. The third-order valence-electron chi connectivity index (χ3n) is 4.73. The van der Waals surface area contributed by atoms with Crippen LogP contribution in [0.1, 0.15) is 24.5 Å². The molecule has 24 heavy (non-hydrogen) atoms. The van der Waals surface area contributed by atoms with Crippen molar-refractivity contribution in [1.29, 1.82) is 0 Å². The molecule has 1 aliphatic rings. The second-order valence-corrected chi connectivity index (χ2v) is 6.34. The summed E-state index contributed by atoms with van der Waals surface area (Å²) < 4.78 is 0. The molecular weight excluding hydrogens is 298 g/mol. The summed E-state index contributed by atoms with van der Waals surface area (Å²) in [6.45, 7) is 3.52. The monoisotopic (exact) mass is 323 g/mol. The zero-order chi connectivity index (χ0) is 16.9. The highest BCUT2D eigenvalue weighted by Gasteiger charge is 2.26. The van der Waals surface area contributed by atoms with Gasteiger partial charge in [-0.05, 0) is 49.4 Å². The molecule has 2 aromatic carbocycles. The summed E-state index contributed by atoms with van der Waals surface area (Å²) in [7, 11) is 0. The van der Waals surface area contributed by atoms with Crippen LogP contribution < -0.4 is 16.0 Å². The van der Waals surface area contributed by atoms with Crippen LogP contribution in [0.25, 0.3) is 0 Å². The molecule has 1 amide bonds. The maximum absolute atomic E-state index is 12.5. The van der Waals surface area contributed by atoms with Gasteiger partial charge in [0.2, 0.25) is 5.91 Å². The van der Waals surface area contributed by atoms with E-state index in [0.717, 1.165) is 37.2 Å². The predicted octanol–water partition coefficient (Wildman–Crippen LogP) is 2.77. The molecule has 1 unspecified atom stereocenters. The second kappa shape index (κ2) is 7.39. The van der Waals surface area contributed by atoms with Gasteiger partial charge in [0.15, 0.2) is 0 Å². The molecule has 1 heterocycles. The van der Waals surface area contributed by atoms with Gasteiger partial charge >= 0.3 is 0 Å². The standard InChI is InChI=1S/C20H25N3O/c1-15(20(24)22-13-12-16-7-3-2-4-8-16)23-14-6-9-17-18(21)10-5-11-19(17)23/h2-5,7-8,10-11,15H,6,9,12-14,21H2,1H3,(H,22,24). The van der Waals surface area contributed by atoms with Gasteiger partial charge in [-0.1, -0.05) is 36.4 Å². The van der Waals surface area contributed by atoms with Crippen molar-refractivity contribution in [1.82, 2.24) is 5.32 Å². The maximum Gasteiger partial charge on any atom is 0.242 e. The fourth-order valence-corrected chi connectivity index (χ4v) is 3.35. The Morgan fingerprint density at radius 3 is 2.79 bits per heavy atom. The zero-order valence-corrected chi connectivity index (χ0v) is 14.2. The van der Waals surface area contributed by atoms with E-state index < -0.39 is 0 Å². The number of carbonyl (C=O) groups excluding carboxylic acids is 1. The van der Waals surface area contributed by atoms with Crippen molar-refractivity contribution in [2.45, 2.75) is 32.2 Å². The Balaban J connectivity index is 1.61. The Bertz CT molecular complexity index is 699. The third kappa shape index (κ3) is 3.53. The number of benzene rings is 2. The summed E-state index contributed by atoms with van der Waals surface area (Å²) >= 11 is 0. The molecule has 0 radical (unpaired) electrons. The van der Waals surface area contributed by atoms with Crippen LogP contribution in [-0.2, 0) is 17.6 Å². The van der Waals surface area contributed by atoms with E-state index in [0.29, 0.717) is 6.54 Å². The minimum absolute atomic E-state index is 0.0706. The number of anilines is 2. The van der Waals surface area contributed by atoms with Crippen LogP contribution >= 0.6 is 0 Å². The Hall–Kier alpha value is -2.49. The van der Waals surface area contributed by atoms with Crippen molar-refractivity contribution in [2.75, 3.05) is 23.7 Å². The van der Waals surface area contributed by atoms with Crippen molar-refractivity contribution in [3.8, 4) is 0 Å². The topological polar surface area (TPSA) is 58.4 Å². The highest BCUT2D eigenvalue weighted by Crippen LogP contribution is 2.32. The molecule has 3 N–H and O–H groups in total. The number of fused-ring (bicyclic) bond motifs is 1. The van der Waals surface area contributed by atoms with Gasteiger partial charge in [0.1, 0.15) is 6.04 Å². The highest BCUT2D eigenvalue weighted by atomic mass is 16.2. The minimum Gasteiger partial charge on any atom is -0.398 e. The predicted molar refractivity (Wildman–Crippen MR) is 99.1 cm³/mol. The Kier molecular flexibility index (Phi) is 5.04. The number of nitrogens with one attached hydrogen (secondary N) is 1. The number of hydrogen-bond donors (Lipinski definition) is 2. The lowest BCUT2D eigenvalue weighted by atomic mass is 9.98. The van der Waals surface area contributed by atoms with E-state index in [1.165, 1.54) is 11.1 Å². The smallest absolute Gasteiger partial charge is 0.242 e. The quantitative estimate of drug-likeness (QED) is 0.832. The van der Waals surface area contributed by atoms with Crippen LogP contribution in [0.15, 0.2) is 48.5 Å². The summed E-state index contributed by atoms with van der Waals surface area (Å²) in [5.74, 6) is 0.0706. The van der Waals surface area contributed by atoms with Gasteiger partial charge in [-0.2, -0.15) is 0 Å². The van der Waals surface area contributed by atoms with Gasteiger partial charge in [0.25, 0.3) is 0 Å². The van der Waals surface area contributed by atoms with E-state index in [-0.39, 0.29) is 11.9 Å². The molecule has 0 saturated heterocycles. The fourth-order valence-electron chi connectivity index (χ4n) is 3.35. The molecule has 2 aromatic rings. The molecule has 0 bridgehead atoms. The summed E-state index contributed by atoms with van der Waals surface area (Å²) in [5.41, 5.74) is 10.4. The molecule has 4 heteroatoms.